The molecule has 0 saturated carbocycles. The van der Waals surface area contributed by atoms with Gasteiger partial charge in [-0.3, -0.25) is 4.90 Å². The summed E-state index contributed by atoms with van der Waals surface area (Å²) in [5.74, 6) is 0. The van der Waals surface area contributed by atoms with Crippen molar-refractivity contribution >= 4 is 0 Å². The molecule has 2 heterocycles. The highest BCUT2D eigenvalue weighted by atomic mass is 16.5. The molecule has 0 amide bonds. The van der Waals surface area contributed by atoms with Gasteiger partial charge < -0.3 is 14.9 Å². The molecule has 1 aliphatic rings. The van der Waals surface area contributed by atoms with E-state index in [1.54, 1.807) is 12.5 Å². The van der Waals surface area contributed by atoms with Crippen LogP contribution in [0.3, 0.4) is 0 Å². The van der Waals surface area contributed by atoms with Crippen LogP contribution in [0.1, 0.15) is 24.9 Å². The lowest BCUT2D eigenvalue weighted by atomic mass is 10.0. The number of nitrogens with two attached hydrogens (primary N) is 1. The standard InChI is InChI=1S/C12H20N2O2/c1-2-4-14-5-7-16-11(8-14)12(13)10-3-6-15-9-10/h3,6,9,11-12H,2,4-5,7-8,13H2,1H3. The van der Waals surface area contributed by atoms with Crippen LogP contribution in [0, 0.1) is 0 Å². The van der Waals surface area contributed by atoms with Crippen molar-refractivity contribution in [1.29, 1.82) is 0 Å². The Labute approximate surface area is 96.4 Å². The fraction of sp³-hybridized carbons (Fsp3) is 0.667. The molecule has 90 valence electrons. The van der Waals surface area contributed by atoms with Gasteiger partial charge in [0.2, 0.25) is 0 Å². The van der Waals surface area contributed by atoms with Crippen LogP contribution in [-0.2, 0) is 4.74 Å². The second-order valence-corrected chi connectivity index (χ2v) is 4.29. The molecular formula is C12H20N2O2. The van der Waals surface area contributed by atoms with E-state index in [0.29, 0.717) is 0 Å². The Morgan fingerprint density at radius 2 is 2.50 bits per heavy atom. The van der Waals surface area contributed by atoms with Crippen molar-refractivity contribution in [2.45, 2.75) is 25.5 Å². The maximum Gasteiger partial charge on any atom is 0.0951 e. The third kappa shape index (κ3) is 2.64. The fourth-order valence-corrected chi connectivity index (χ4v) is 2.15. The molecule has 4 nitrogen and oxygen atoms in total. The Morgan fingerprint density at radius 1 is 1.62 bits per heavy atom. The zero-order valence-electron chi connectivity index (χ0n) is 9.76. The van der Waals surface area contributed by atoms with Crippen LogP contribution in [0.4, 0.5) is 0 Å². The number of morpholine rings is 1. The Bertz CT molecular complexity index is 298. The lowest BCUT2D eigenvalue weighted by Gasteiger charge is -2.35. The minimum atomic E-state index is -0.0848. The van der Waals surface area contributed by atoms with Crippen LogP contribution in [0.2, 0.25) is 0 Å². The molecule has 1 fully saturated rings. The molecule has 1 aliphatic heterocycles. The summed E-state index contributed by atoms with van der Waals surface area (Å²) in [7, 11) is 0. The molecular weight excluding hydrogens is 204 g/mol. The highest BCUT2D eigenvalue weighted by Gasteiger charge is 2.26. The number of rotatable bonds is 4. The molecule has 0 bridgehead atoms. The summed E-state index contributed by atoms with van der Waals surface area (Å²) >= 11 is 0. The van der Waals surface area contributed by atoms with Crippen LogP contribution < -0.4 is 5.73 Å². The molecule has 2 atom stereocenters. The van der Waals surface area contributed by atoms with Gasteiger partial charge >= 0.3 is 0 Å². The first-order valence-corrected chi connectivity index (χ1v) is 5.93. The summed E-state index contributed by atoms with van der Waals surface area (Å²) in [6, 6.07) is 1.82. The van der Waals surface area contributed by atoms with E-state index in [0.717, 1.165) is 31.8 Å². The highest BCUT2D eigenvalue weighted by Crippen LogP contribution is 2.20. The van der Waals surface area contributed by atoms with Crippen molar-refractivity contribution in [3.05, 3.63) is 24.2 Å². The third-order valence-electron chi connectivity index (χ3n) is 3.05. The molecule has 4 heteroatoms. The summed E-state index contributed by atoms with van der Waals surface area (Å²) < 4.78 is 10.8. The molecule has 0 radical (unpaired) electrons. The van der Waals surface area contributed by atoms with Crippen LogP contribution in [0.5, 0.6) is 0 Å². The number of furan rings is 1. The molecule has 1 aromatic rings. The van der Waals surface area contributed by atoms with Crippen LogP contribution in [-0.4, -0.2) is 37.2 Å². The second-order valence-electron chi connectivity index (χ2n) is 4.29. The van der Waals surface area contributed by atoms with E-state index in [-0.39, 0.29) is 12.1 Å². The normalized spacial score (nSPS) is 24.5. The van der Waals surface area contributed by atoms with Gasteiger partial charge in [-0.2, -0.15) is 0 Å². The number of hydrogen-bond donors (Lipinski definition) is 1. The van der Waals surface area contributed by atoms with Crippen molar-refractivity contribution in [2.75, 3.05) is 26.2 Å². The Kier molecular flexibility index (Phi) is 3.98. The van der Waals surface area contributed by atoms with Gasteiger partial charge in [-0.05, 0) is 19.0 Å². The maximum atomic E-state index is 6.16. The van der Waals surface area contributed by atoms with E-state index < -0.39 is 0 Å². The Balaban J connectivity index is 1.93. The molecule has 0 aromatic carbocycles. The van der Waals surface area contributed by atoms with Crippen molar-refractivity contribution in [3.63, 3.8) is 0 Å². The molecule has 2 N–H and O–H groups in total. The van der Waals surface area contributed by atoms with Gasteiger partial charge in [-0.25, -0.2) is 0 Å². The number of ether oxygens (including phenoxy) is 1. The maximum absolute atomic E-state index is 6.16. The molecule has 1 saturated heterocycles. The third-order valence-corrected chi connectivity index (χ3v) is 3.05. The van der Waals surface area contributed by atoms with E-state index in [1.807, 2.05) is 6.07 Å². The van der Waals surface area contributed by atoms with Gasteiger partial charge in [-0.15, -0.1) is 0 Å². The van der Waals surface area contributed by atoms with Crippen molar-refractivity contribution in [2.24, 2.45) is 5.73 Å². The monoisotopic (exact) mass is 224 g/mol. The lowest BCUT2D eigenvalue weighted by Crippen LogP contribution is -2.47. The molecule has 16 heavy (non-hydrogen) atoms. The molecule has 0 spiro atoms. The van der Waals surface area contributed by atoms with Crippen molar-refractivity contribution < 1.29 is 9.15 Å². The minimum absolute atomic E-state index is 0.0814. The van der Waals surface area contributed by atoms with Gasteiger partial charge in [-0.1, -0.05) is 6.92 Å². The predicted octanol–water partition coefficient (Wildman–Crippen LogP) is 1.39. The number of nitrogens with zero attached hydrogens (tertiary/aromatic N) is 1. The Hall–Kier alpha value is -0.840. The number of hydrogen-bond acceptors (Lipinski definition) is 4. The zero-order valence-corrected chi connectivity index (χ0v) is 9.76. The average Bonchev–Trinajstić information content (AvgIpc) is 2.82. The first-order valence-electron chi connectivity index (χ1n) is 5.93. The van der Waals surface area contributed by atoms with Gasteiger partial charge in [0.15, 0.2) is 0 Å². The molecule has 1 aromatic heterocycles. The minimum Gasteiger partial charge on any atom is -0.472 e. The van der Waals surface area contributed by atoms with Gasteiger partial charge in [0.05, 0.1) is 31.3 Å². The SMILES string of the molecule is CCCN1CCOC(C(N)c2ccoc2)C1. The van der Waals surface area contributed by atoms with E-state index in [2.05, 4.69) is 11.8 Å². The largest absolute Gasteiger partial charge is 0.472 e. The quantitative estimate of drug-likeness (QED) is 0.839. The summed E-state index contributed by atoms with van der Waals surface area (Å²) in [5, 5.41) is 0. The first kappa shape index (κ1) is 11.6. The molecule has 2 unspecified atom stereocenters. The summed E-state index contributed by atoms with van der Waals surface area (Å²) in [6.07, 6.45) is 4.61. The van der Waals surface area contributed by atoms with Crippen molar-refractivity contribution in [1.82, 2.24) is 4.90 Å². The zero-order chi connectivity index (χ0) is 11.4. The van der Waals surface area contributed by atoms with Crippen molar-refractivity contribution in [3.8, 4) is 0 Å². The topological polar surface area (TPSA) is 51.6 Å². The van der Waals surface area contributed by atoms with E-state index in [1.165, 1.54) is 6.42 Å². The average molecular weight is 224 g/mol. The van der Waals surface area contributed by atoms with Crippen LogP contribution >= 0.6 is 0 Å². The van der Waals surface area contributed by atoms with E-state index >= 15 is 0 Å². The molecule has 2 rings (SSSR count). The molecule has 0 aliphatic carbocycles. The summed E-state index contributed by atoms with van der Waals surface area (Å²) in [5.41, 5.74) is 7.18. The smallest absolute Gasteiger partial charge is 0.0951 e. The summed E-state index contributed by atoms with van der Waals surface area (Å²) in [6.45, 7) is 6.03. The second kappa shape index (κ2) is 5.48. The van der Waals surface area contributed by atoms with Gasteiger partial charge in [0, 0.05) is 18.7 Å². The lowest BCUT2D eigenvalue weighted by molar-refractivity contribution is -0.0408. The Morgan fingerprint density at radius 3 is 3.19 bits per heavy atom. The van der Waals surface area contributed by atoms with Crippen LogP contribution in [0.25, 0.3) is 0 Å². The summed E-state index contributed by atoms with van der Waals surface area (Å²) in [4.78, 5) is 2.41. The van der Waals surface area contributed by atoms with Crippen LogP contribution in [0.15, 0.2) is 23.0 Å². The van der Waals surface area contributed by atoms with Gasteiger partial charge in [0.1, 0.15) is 0 Å². The first-order chi connectivity index (χ1) is 7.81. The van der Waals surface area contributed by atoms with Gasteiger partial charge in [0.25, 0.3) is 0 Å². The fourth-order valence-electron chi connectivity index (χ4n) is 2.15. The van der Waals surface area contributed by atoms with E-state index in [4.69, 9.17) is 14.9 Å². The predicted molar refractivity (Wildman–Crippen MR) is 62.1 cm³/mol. The highest BCUT2D eigenvalue weighted by molar-refractivity contribution is 5.13. The van der Waals surface area contributed by atoms with E-state index in [9.17, 15) is 0 Å².